The summed E-state index contributed by atoms with van der Waals surface area (Å²) in [5, 5.41) is 0. The highest BCUT2D eigenvalue weighted by Crippen LogP contribution is 2.47. The van der Waals surface area contributed by atoms with Crippen LogP contribution in [0.3, 0.4) is 0 Å². The normalized spacial score (nSPS) is 32.8. The van der Waals surface area contributed by atoms with Crippen LogP contribution >= 0.6 is 0 Å². The summed E-state index contributed by atoms with van der Waals surface area (Å²) < 4.78 is 32.3. The second kappa shape index (κ2) is 15.1. The Labute approximate surface area is 221 Å². The van der Waals surface area contributed by atoms with Gasteiger partial charge in [-0.05, 0) is 82.2 Å². The molecule has 7 heteroatoms. The second-order valence-corrected chi connectivity index (χ2v) is 14.1. The van der Waals surface area contributed by atoms with E-state index in [1.54, 1.807) is 0 Å². The Hall–Kier alpha value is -0.573. The SMILES string of the molecule is C[Si](C)OC([C@H]1[C@@H](C/C=C\CCCC=O)[C@@H](OC2CCCCO2)C[C@H]1OC1CCCCO1)C(C)(C)C. The molecule has 7 atom stereocenters. The van der Waals surface area contributed by atoms with E-state index in [2.05, 4.69) is 46.0 Å². The largest absolute Gasteiger partial charge is 0.413 e. The fourth-order valence-corrected chi connectivity index (χ4v) is 6.94. The average molecular weight is 524 g/mol. The van der Waals surface area contributed by atoms with Crippen molar-refractivity contribution in [2.24, 2.45) is 17.3 Å². The van der Waals surface area contributed by atoms with E-state index in [-0.39, 0.29) is 48.1 Å². The van der Waals surface area contributed by atoms with Crippen LogP contribution in [0.2, 0.25) is 13.1 Å². The maximum Gasteiger partial charge on any atom is 0.205 e. The maximum absolute atomic E-state index is 10.7. The first kappa shape index (κ1) is 30.0. The molecule has 2 aliphatic heterocycles. The molecule has 0 amide bonds. The van der Waals surface area contributed by atoms with E-state index in [0.717, 1.165) is 83.7 Å². The van der Waals surface area contributed by atoms with Crippen molar-refractivity contribution in [2.45, 2.75) is 135 Å². The van der Waals surface area contributed by atoms with E-state index in [1.807, 2.05) is 0 Å². The van der Waals surface area contributed by atoms with Crippen LogP contribution in [-0.4, -0.2) is 59.4 Å². The van der Waals surface area contributed by atoms with Gasteiger partial charge in [0.25, 0.3) is 0 Å². The molecule has 3 aliphatic rings. The Morgan fingerprint density at radius 1 is 0.917 bits per heavy atom. The van der Waals surface area contributed by atoms with Crippen LogP contribution in [-0.2, 0) is 28.2 Å². The highest BCUT2D eigenvalue weighted by atomic mass is 28.3. The fourth-order valence-electron chi connectivity index (χ4n) is 5.92. The van der Waals surface area contributed by atoms with Gasteiger partial charge in [-0.3, -0.25) is 0 Å². The van der Waals surface area contributed by atoms with Crippen molar-refractivity contribution < 1.29 is 28.2 Å². The second-order valence-electron chi connectivity index (χ2n) is 12.0. The number of aldehydes is 1. The molecule has 2 saturated heterocycles. The van der Waals surface area contributed by atoms with Gasteiger partial charge in [0.05, 0.1) is 18.3 Å². The van der Waals surface area contributed by atoms with Crippen molar-refractivity contribution >= 4 is 15.3 Å². The summed E-state index contributed by atoms with van der Waals surface area (Å²) in [5.74, 6) is 0.487. The standard InChI is InChI=1S/C29H51O6Si/c1-29(2,3)28(35-36(4)5)27-22(15-9-7-6-8-12-18-30)23(33-25-16-10-13-19-31-25)21-24(27)34-26-17-11-14-20-32-26/h7,9,18,22-28H,6,8,10-17,19-21H2,1-5H3/b9-7-/t22-,23-,24+,25?,26?,27-,28?/m0/s1. The molecule has 3 fully saturated rings. The minimum atomic E-state index is -0.913. The molecule has 0 aromatic heterocycles. The van der Waals surface area contributed by atoms with Crippen molar-refractivity contribution in [2.75, 3.05) is 13.2 Å². The van der Waals surface area contributed by atoms with E-state index >= 15 is 0 Å². The number of ether oxygens (including phenoxy) is 4. The zero-order valence-corrected chi connectivity index (χ0v) is 24.4. The number of unbranched alkanes of at least 4 members (excludes halogenated alkanes) is 2. The first-order valence-corrected chi connectivity index (χ1v) is 16.8. The molecule has 1 saturated carbocycles. The van der Waals surface area contributed by atoms with Gasteiger partial charge in [0.2, 0.25) is 9.04 Å². The van der Waals surface area contributed by atoms with Crippen molar-refractivity contribution in [1.29, 1.82) is 0 Å². The first-order chi connectivity index (χ1) is 17.3. The van der Waals surface area contributed by atoms with E-state index in [4.69, 9.17) is 23.4 Å². The highest BCUT2D eigenvalue weighted by molar-refractivity contribution is 6.48. The predicted molar refractivity (Wildman–Crippen MR) is 144 cm³/mol. The summed E-state index contributed by atoms with van der Waals surface area (Å²) in [6.45, 7) is 12.9. The van der Waals surface area contributed by atoms with Gasteiger partial charge in [-0.2, -0.15) is 0 Å². The molecule has 0 spiro atoms. The minimum Gasteiger partial charge on any atom is -0.413 e. The van der Waals surface area contributed by atoms with Crippen LogP contribution in [0, 0.1) is 17.3 Å². The van der Waals surface area contributed by atoms with Crippen LogP contribution in [0.5, 0.6) is 0 Å². The van der Waals surface area contributed by atoms with Crippen LogP contribution in [0.25, 0.3) is 0 Å². The van der Waals surface area contributed by atoms with Crippen LogP contribution < -0.4 is 0 Å². The van der Waals surface area contributed by atoms with Gasteiger partial charge in [-0.25, -0.2) is 0 Å². The lowest BCUT2D eigenvalue weighted by Crippen LogP contribution is -2.47. The number of allylic oxidation sites excluding steroid dienone is 2. The molecule has 207 valence electrons. The lowest BCUT2D eigenvalue weighted by atomic mass is 9.75. The van der Waals surface area contributed by atoms with Gasteiger partial charge in [0.1, 0.15) is 6.29 Å². The number of carbonyl (C=O) groups excluding carboxylic acids is 1. The monoisotopic (exact) mass is 523 g/mol. The van der Waals surface area contributed by atoms with E-state index in [9.17, 15) is 4.79 Å². The number of hydrogen-bond donors (Lipinski definition) is 0. The molecule has 1 aliphatic carbocycles. The topological polar surface area (TPSA) is 63.2 Å². The Morgan fingerprint density at radius 3 is 2.08 bits per heavy atom. The van der Waals surface area contributed by atoms with Crippen molar-refractivity contribution in [1.82, 2.24) is 0 Å². The molecule has 0 N–H and O–H groups in total. The zero-order valence-electron chi connectivity index (χ0n) is 23.4. The van der Waals surface area contributed by atoms with E-state index < -0.39 is 9.04 Å². The molecule has 0 aromatic rings. The molecule has 1 radical (unpaired) electrons. The molecule has 36 heavy (non-hydrogen) atoms. The maximum atomic E-state index is 10.7. The van der Waals surface area contributed by atoms with Gasteiger partial charge in [-0.15, -0.1) is 0 Å². The van der Waals surface area contributed by atoms with E-state index in [1.165, 1.54) is 0 Å². The number of hydrogen-bond acceptors (Lipinski definition) is 6. The summed E-state index contributed by atoms with van der Waals surface area (Å²) >= 11 is 0. The van der Waals surface area contributed by atoms with E-state index in [0.29, 0.717) is 6.42 Å². The lowest BCUT2D eigenvalue weighted by Gasteiger charge is -2.42. The highest BCUT2D eigenvalue weighted by Gasteiger charge is 2.52. The molecule has 6 nitrogen and oxygen atoms in total. The Morgan fingerprint density at radius 2 is 1.56 bits per heavy atom. The molecule has 0 bridgehead atoms. The average Bonchev–Trinajstić information content (AvgIpc) is 3.16. The summed E-state index contributed by atoms with van der Waals surface area (Å²) in [4.78, 5) is 10.7. The third-order valence-electron chi connectivity index (χ3n) is 7.63. The molecular weight excluding hydrogens is 472 g/mol. The Bertz CT molecular complexity index is 651. The molecular formula is C29H51O6Si. The third-order valence-corrected chi connectivity index (χ3v) is 8.35. The van der Waals surface area contributed by atoms with Crippen molar-refractivity contribution in [3.8, 4) is 0 Å². The summed E-state index contributed by atoms with van der Waals surface area (Å²) in [5.41, 5.74) is -0.0240. The number of rotatable bonds is 13. The predicted octanol–water partition coefficient (Wildman–Crippen LogP) is 6.44. The summed E-state index contributed by atoms with van der Waals surface area (Å²) in [7, 11) is -0.913. The molecule has 3 unspecified atom stereocenters. The van der Waals surface area contributed by atoms with Gasteiger partial charge >= 0.3 is 0 Å². The smallest absolute Gasteiger partial charge is 0.205 e. The Kier molecular flexibility index (Phi) is 12.6. The lowest BCUT2D eigenvalue weighted by molar-refractivity contribution is -0.207. The minimum absolute atomic E-state index is 0.0240. The fraction of sp³-hybridized carbons (Fsp3) is 0.897. The summed E-state index contributed by atoms with van der Waals surface area (Å²) in [6.07, 6.45) is 16.1. The van der Waals surface area contributed by atoms with Gasteiger partial charge < -0.3 is 28.2 Å². The van der Waals surface area contributed by atoms with Gasteiger partial charge in [0, 0.05) is 32.0 Å². The van der Waals surface area contributed by atoms with Crippen LogP contribution in [0.4, 0.5) is 0 Å². The number of carbonyl (C=O) groups is 1. The van der Waals surface area contributed by atoms with Crippen LogP contribution in [0.15, 0.2) is 12.2 Å². The molecule has 3 rings (SSSR count). The van der Waals surface area contributed by atoms with Gasteiger partial charge in [0.15, 0.2) is 12.6 Å². The van der Waals surface area contributed by atoms with Crippen molar-refractivity contribution in [3.05, 3.63) is 12.2 Å². The first-order valence-electron chi connectivity index (χ1n) is 14.4. The quantitative estimate of drug-likeness (QED) is 0.120. The zero-order chi connectivity index (χ0) is 26.0. The molecule has 2 heterocycles. The third kappa shape index (κ3) is 9.32. The van der Waals surface area contributed by atoms with Gasteiger partial charge in [-0.1, -0.05) is 32.9 Å². The van der Waals surface area contributed by atoms with Crippen LogP contribution in [0.1, 0.15) is 91.4 Å². The summed E-state index contributed by atoms with van der Waals surface area (Å²) in [6, 6.07) is 0. The Balaban J connectivity index is 1.85. The van der Waals surface area contributed by atoms with Crippen molar-refractivity contribution in [3.63, 3.8) is 0 Å². The molecule has 0 aromatic carbocycles.